The molecule has 1 aromatic carbocycles. The lowest BCUT2D eigenvalue weighted by Gasteiger charge is -2.34. The average Bonchev–Trinajstić information content (AvgIpc) is 2.98. The fourth-order valence-electron chi connectivity index (χ4n) is 2.58. The van der Waals surface area contributed by atoms with Gasteiger partial charge < -0.3 is 15.1 Å². The van der Waals surface area contributed by atoms with Gasteiger partial charge in [0, 0.05) is 32.7 Å². The van der Waals surface area contributed by atoms with Crippen LogP contribution in [0.2, 0.25) is 0 Å². The first kappa shape index (κ1) is 14.8. The molecule has 116 valence electrons. The number of nitrogens with zero attached hydrogens (tertiary/aromatic N) is 3. The zero-order valence-electron chi connectivity index (χ0n) is 12.7. The Morgan fingerprint density at radius 2 is 2.18 bits per heavy atom. The third kappa shape index (κ3) is 2.92. The van der Waals surface area contributed by atoms with Crippen LogP contribution in [0, 0.1) is 6.92 Å². The summed E-state index contributed by atoms with van der Waals surface area (Å²) in [5.41, 5.74) is 2.30. The lowest BCUT2D eigenvalue weighted by Crippen LogP contribution is -2.51. The van der Waals surface area contributed by atoms with Gasteiger partial charge in [0.1, 0.15) is 0 Å². The van der Waals surface area contributed by atoms with E-state index in [1.54, 1.807) is 17.4 Å². The van der Waals surface area contributed by atoms with E-state index >= 15 is 0 Å². The van der Waals surface area contributed by atoms with Crippen molar-refractivity contribution in [2.75, 3.05) is 37.6 Å². The number of hydrogen-bond acceptors (Lipinski definition) is 4. The number of anilines is 1. The van der Waals surface area contributed by atoms with Crippen LogP contribution in [0.25, 0.3) is 10.2 Å². The van der Waals surface area contributed by atoms with Gasteiger partial charge in [-0.3, -0.25) is 0 Å². The molecule has 0 saturated carbocycles. The number of nitrogens with one attached hydrogen (secondary N) is 1. The number of fused-ring (bicyclic) bond motifs is 1. The molecule has 0 unspecified atom stereocenters. The van der Waals surface area contributed by atoms with Crippen molar-refractivity contribution in [1.29, 1.82) is 0 Å². The highest BCUT2D eigenvalue weighted by molar-refractivity contribution is 7.22. The Labute approximate surface area is 134 Å². The maximum Gasteiger partial charge on any atom is 0.317 e. The minimum absolute atomic E-state index is 0.0142. The quantitative estimate of drug-likeness (QED) is 0.886. The van der Waals surface area contributed by atoms with Crippen molar-refractivity contribution < 1.29 is 4.79 Å². The third-order valence-corrected chi connectivity index (χ3v) is 4.93. The van der Waals surface area contributed by atoms with Crippen molar-refractivity contribution in [3.63, 3.8) is 0 Å². The van der Waals surface area contributed by atoms with E-state index in [0.29, 0.717) is 6.54 Å². The zero-order valence-corrected chi connectivity index (χ0v) is 13.5. The molecule has 0 bridgehead atoms. The fraction of sp³-hybridized carbons (Fsp3) is 0.375. The molecule has 1 aliphatic rings. The molecule has 2 aromatic rings. The Bertz CT molecular complexity index is 689. The topological polar surface area (TPSA) is 48.5 Å². The maximum absolute atomic E-state index is 11.9. The molecule has 3 rings (SSSR count). The van der Waals surface area contributed by atoms with E-state index in [2.05, 4.69) is 41.9 Å². The van der Waals surface area contributed by atoms with Crippen molar-refractivity contribution in [3.05, 3.63) is 36.4 Å². The lowest BCUT2D eigenvalue weighted by atomic mass is 10.2. The third-order valence-electron chi connectivity index (χ3n) is 3.84. The minimum atomic E-state index is -0.0142. The second-order valence-corrected chi connectivity index (χ2v) is 6.38. The summed E-state index contributed by atoms with van der Waals surface area (Å²) in [5.74, 6) is 0. The van der Waals surface area contributed by atoms with Crippen molar-refractivity contribution in [1.82, 2.24) is 15.2 Å². The second-order valence-electron chi connectivity index (χ2n) is 5.37. The molecule has 1 aromatic heterocycles. The van der Waals surface area contributed by atoms with Gasteiger partial charge in [-0.2, -0.15) is 0 Å². The summed E-state index contributed by atoms with van der Waals surface area (Å²) in [4.78, 5) is 20.8. The summed E-state index contributed by atoms with van der Waals surface area (Å²) in [6.07, 6.45) is 1.69. The molecule has 22 heavy (non-hydrogen) atoms. The minimum Gasteiger partial charge on any atom is -0.345 e. The molecule has 0 atom stereocenters. The number of benzene rings is 1. The van der Waals surface area contributed by atoms with Gasteiger partial charge in [-0.25, -0.2) is 9.78 Å². The first-order valence-electron chi connectivity index (χ1n) is 7.44. The summed E-state index contributed by atoms with van der Waals surface area (Å²) in [6.45, 7) is 9.29. The summed E-state index contributed by atoms with van der Waals surface area (Å²) in [5, 5.41) is 3.87. The highest BCUT2D eigenvalue weighted by Gasteiger charge is 2.22. The van der Waals surface area contributed by atoms with Crippen LogP contribution in [0.4, 0.5) is 9.93 Å². The number of carbonyl (C=O) groups is 1. The van der Waals surface area contributed by atoms with Crippen LogP contribution in [-0.2, 0) is 0 Å². The highest BCUT2D eigenvalue weighted by Crippen LogP contribution is 2.30. The smallest absolute Gasteiger partial charge is 0.317 e. The van der Waals surface area contributed by atoms with Gasteiger partial charge in [-0.15, -0.1) is 6.58 Å². The number of amides is 2. The van der Waals surface area contributed by atoms with Crippen molar-refractivity contribution >= 4 is 32.7 Å². The van der Waals surface area contributed by atoms with Crippen LogP contribution in [0.5, 0.6) is 0 Å². The first-order valence-corrected chi connectivity index (χ1v) is 8.25. The molecule has 2 heterocycles. The molecule has 0 radical (unpaired) electrons. The number of rotatable bonds is 3. The monoisotopic (exact) mass is 316 g/mol. The van der Waals surface area contributed by atoms with E-state index < -0.39 is 0 Å². The van der Waals surface area contributed by atoms with Gasteiger partial charge in [-0.1, -0.05) is 29.5 Å². The molecule has 2 amide bonds. The number of urea groups is 1. The van der Waals surface area contributed by atoms with Crippen molar-refractivity contribution in [2.45, 2.75) is 6.92 Å². The molecule has 5 nitrogen and oxygen atoms in total. The Morgan fingerprint density at radius 1 is 1.41 bits per heavy atom. The number of piperazine rings is 1. The standard InChI is InChI=1S/C16H20N4OS/c1-3-7-17-15(21)19-8-10-20(11-9-19)16-18-14-12(2)5-4-6-13(14)22-16/h3-6H,1,7-11H2,2H3,(H,17,21). The predicted octanol–water partition coefficient (Wildman–Crippen LogP) is 2.62. The summed E-state index contributed by atoms with van der Waals surface area (Å²) >= 11 is 1.72. The number of para-hydroxylation sites is 1. The fourth-order valence-corrected chi connectivity index (χ4v) is 3.68. The zero-order chi connectivity index (χ0) is 15.5. The van der Waals surface area contributed by atoms with E-state index in [1.807, 2.05) is 4.90 Å². The number of aryl methyl sites for hydroxylation is 1. The molecule has 0 spiro atoms. The summed E-state index contributed by atoms with van der Waals surface area (Å²) in [7, 11) is 0. The van der Waals surface area contributed by atoms with Gasteiger partial charge in [-0.05, 0) is 18.6 Å². The van der Waals surface area contributed by atoms with Gasteiger partial charge in [0.2, 0.25) is 0 Å². The Balaban J connectivity index is 1.66. The molecule has 1 N–H and O–H groups in total. The van der Waals surface area contributed by atoms with E-state index in [4.69, 9.17) is 4.98 Å². The number of carbonyl (C=O) groups excluding carboxylic acids is 1. The van der Waals surface area contributed by atoms with Gasteiger partial charge in [0.25, 0.3) is 0 Å². The van der Waals surface area contributed by atoms with Crippen molar-refractivity contribution in [3.8, 4) is 0 Å². The van der Waals surface area contributed by atoms with Gasteiger partial charge >= 0.3 is 6.03 Å². The molecule has 0 aliphatic carbocycles. The molecular formula is C16H20N4OS. The largest absolute Gasteiger partial charge is 0.345 e. The Kier molecular flexibility index (Phi) is 4.29. The predicted molar refractivity (Wildman–Crippen MR) is 91.7 cm³/mol. The van der Waals surface area contributed by atoms with Crippen LogP contribution in [0.3, 0.4) is 0 Å². The SMILES string of the molecule is C=CCNC(=O)N1CCN(c2nc3c(C)cccc3s2)CC1. The Hall–Kier alpha value is -2.08. The Morgan fingerprint density at radius 3 is 2.86 bits per heavy atom. The molecule has 1 aliphatic heterocycles. The molecule has 1 saturated heterocycles. The number of aromatic nitrogens is 1. The highest BCUT2D eigenvalue weighted by atomic mass is 32.1. The summed E-state index contributed by atoms with van der Waals surface area (Å²) < 4.78 is 1.22. The van der Waals surface area contributed by atoms with Crippen LogP contribution < -0.4 is 10.2 Å². The van der Waals surface area contributed by atoms with E-state index in [0.717, 1.165) is 36.8 Å². The van der Waals surface area contributed by atoms with Crippen LogP contribution in [0.1, 0.15) is 5.56 Å². The lowest BCUT2D eigenvalue weighted by molar-refractivity contribution is 0.195. The van der Waals surface area contributed by atoms with Crippen LogP contribution >= 0.6 is 11.3 Å². The van der Waals surface area contributed by atoms with Gasteiger partial charge in [0.15, 0.2) is 5.13 Å². The molecule has 6 heteroatoms. The first-order chi connectivity index (χ1) is 10.7. The second kappa shape index (κ2) is 6.36. The van der Waals surface area contributed by atoms with Crippen LogP contribution in [0.15, 0.2) is 30.9 Å². The maximum atomic E-state index is 11.9. The normalized spacial score (nSPS) is 15.1. The summed E-state index contributed by atoms with van der Waals surface area (Å²) in [6, 6.07) is 6.26. The average molecular weight is 316 g/mol. The van der Waals surface area contributed by atoms with Gasteiger partial charge in [0.05, 0.1) is 10.2 Å². The number of thiazole rings is 1. The molecular weight excluding hydrogens is 296 g/mol. The van der Waals surface area contributed by atoms with E-state index in [1.165, 1.54) is 10.3 Å². The molecule has 1 fully saturated rings. The number of hydrogen-bond donors (Lipinski definition) is 1. The van der Waals surface area contributed by atoms with E-state index in [-0.39, 0.29) is 6.03 Å². The van der Waals surface area contributed by atoms with Crippen LogP contribution in [-0.4, -0.2) is 48.6 Å². The van der Waals surface area contributed by atoms with E-state index in [9.17, 15) is 4.79 Å². The van der Waals surface area contributed by atoms with Crippen molar-refractivity contribution in [2.24, 2.45) is 0 Å².